The number of carbonyl (C=O) groups is 1. The van der Waals surface area contributed by atoms with Crippen LogP contribution in [-0.2, 0) is 4.79 Å². The summed E-state index contributed by atoms with van der Waals surface area (Å²) in [5.74, 6) is -0.333. The molecule has 5 heteroatoms. The minimum atomic E-state index is -0.305. The number of Topliss-reactive ketones (excluding diaryl/α,β-unsaturated/α-hetero) is 1. The van der Waals surface area contributed by atoms with Gasteiger partial charge in [-0.2, -0.15) is 0 Å². The van der Waals surface area contributed by atoms with E-state index in [9.17, 15) is 4.79 Å². The molecule has 88 valence electrons. The summed E-state index contributed by atoms with van der Waals surface area (Å²) in [4.78, 5) is 11.7. The van der Waals surface area contributed by atoms with E-state index in [1.54, 1.807) is 0 Å². The summed E-state index contributed by atoms with van der Waals surface area (Å²) in [6.45, 7) is 0. The Morgan fingerprint density at radius 3 is 2.35 bits per heavy atom. The average Bonchev–Trinajstić information content (AvgIpc) is 2.38. The van der Waals surface area contributed by atoms with Gasteiger partial charge in [0.1, 0.15) is 5.71 Å². The van der Waals surface area contributed by atoms with Crippen molar-refractivity contribution in [1.29, 1.82) is 0 Å². The van der Waals surface area contributed by atoms with Gasteiger partial charge in [-0.25, -0.2) is 0 Å². The maximum Gasteiger partial charge on any atom is 0.187 e. The third-order valence-corrected chi connectivity index (χ3v) is 2.90. The molecule has 2 N–H and O–H groups in total. The second kappa shape index (κ2) is 4.78. The van der Waals surface area contributed by atoms with E-state index in [2.05, 4.69) is 10.3 Å². The Labute approximate surface area is 98.1 Å². The lowest BCUT2D eigenvalue weighted by molar-refractivity contribution is -0.113. The second-order valence-corrected chi connectivity index (χ2v) is 3.93. The molecule has 1 saturated carbocycles. The largest absolute Gasteiger partial charge is 0.411 e. The number of hydrogen-bond acceptors (Lipinski definition) is 5. The van der Waals surface area contributed by atoms with Crippen LogP contribution in [0, 0.1) is 0 Å². The molecule has 0 radical (unpaired) electrons. The molecule has 1 aliphatic carbocycles. The molecule has 1 fully saturated rings. The van der Waals surface area contributed by atoms with E-state index in [1.807, 2.05) is 30.3 Å². The fourth-order valence-corrected chi connectivity index (χ4v) is 2.05. The van der Waals surface area contributed by atoms with Gasteiger partial charge < -0.3 is 10.4 Å². The number of benzene rings is 1. The van der Waals surface area contributed by atoms with E-state index in [0.29, 0.717) is 6.42 Å². The molecule has 5 nitrogen and oxygen atoms in total. The number of ketones is 1. The highest BCUT2D eigenvalue weighted by atomic mass is 16.4. The molecule has 2 rings (SSSR count). The summed E-state index contributed by atoms with van der Waals surface area (Å²) in [6, 6.07) is 9.54. The average molecular weight is 232 g/mol. The Bertz CT molecular complexity index is 480. The molecule has 17 heavy (non-hydrogen) atoms. The van der Waals surface area contributed by atoms with Crippen molar-refractivity contribution in [3.63, 3.8) is 0 Å². The molecule has 0 aromatic heterocycles. The first-order valence-electron chi connectivity index (χ1n) is 5.27. The van der Waals surface area contributed by atoms with E-state index in [0.717, 1.165) is 5.56 Å². The van der Waals surface area contributed by atoms with Crippen LogP contribution in [0.3, 0.4) is 0 Å². The number of rotatable bonds is 1. The summed E-state index contributed by atoms with van der Waals surface area (Å²) in [5.41, 5.74) is 1.01. The third-order valence-electron chi connectivity index (χ3n) is 2.90. The molecular formula is C12H12N2O3. The fourth-order valence-electron chi connectivity index (χ4n) is 2.05. The van der Waals surface area contributed by atoms with Crippen molar-refractivity contribution < 1.29 is 15.2 Å². The van der Waals surface area contributed by atoms with Gasteiger partial charge in [0.05, 0.1) is 0 Å². The van der Waals surface area contributed by atoms with Crippen LogP contribution in [-0.4, -0.2) is 27.6 Å². The van der Waals surface area contributed by atoms with E-state index >= 15 is 0 Å². The zero-order valence-corrected chi connectivity index (χ0v) is 9.08. The molecule has 1 aromatic carbocycles. The Hall–Kier alpha value is -2.17. The lowest BCUT2D eigenvalue weighted by atomic mass is 9.81. The summed E-state index contributed by atoms with van der Waals surface area (Å²) >= 11 is 0. The third kappa shape index (κ3) is 2.18. The van der Waals surface area contributed by atoms with Gasteiger partial charge >= 0.3 is 0 Å². The second-order valence-electron chi connectivity index (χ2n) is 3.93. The molecule has 0 saturated heterocycles. The lowest BCUT2D eigenvalue weighted by Crippen LogP contribution is -2.33. The number of oxime groups is 2. The van der Waals surface area contributed by atoms with Crippen LogP contribution in [0.5, 0.6) is 0 Å². The summed E-state index contributed by atoms with van der Waals surface area (Å²) in [6.07, 6.45) is 0.661. The van der Waals surface area contributed by atoms with Gasteiger partial charge in [0.2, 0.25) is 0 Å². The zero-order chi connectivity index (χ0) is 12.3. The molecule has 1 atom stereocenters. The smallest absolute Gasteiger partial charge is 0.187 e. The van der Waals surface area contributed by atoms with Crippen molar-refractivity contribution in [2.75, 3.05) is 0 Å². The highest BCUT2D eigenvalue weighted by Gasteiger charge is 2.32. The normalized spacial score (nSPS) is 25.4. The van der Waals surface area contributed by atoms with Gasteiger partial charge in [0.15, 0.2) is 11.5 Å². The highest BCUT2D eigenvalue weighted by Crippen LogP contribution is 2.28. The van der Waals surface area contributed by atoms with Crippen LogP contribution < -0.4 is 0 Å². The Kier molecular flexibility index (Phi) is 3.18. The minimum Gasteiger partial charge on any atom is -0.411 e. The molecule has 1 aliphatic rings. The Morgan fingerprint density at radius 1 is 1.06 bits per heavy atom. The molecule has 0 spiro atoms. The Morgan fingerprint density at radius 2 is 1.76 bits per heavy atom. The van der Waals surface area contributed by atoms with Crippen molar-refractivity contribution in [1.82, 2.24) is 0 Å². The van der Waals surface area contributed by atoms with Crippen LogP contribution >= 0.6 is 0 Å². The van der Waals surface area contributed by atoms with Crippen LogP contribution in [0.15, 0.2) is 40.6 Å². The fraction of sp³-hybridized carbons (Fsp3) is 0.250. The first kappa shape index (κ1) is 11.3. The van der Waals surface area contributed by atoms with Crippen LogP contribution in [0.25, 0.3) is 0 Å². The molecular weight excluding hydrogens is 220 g/mol. The number of hydrogen-bond donors (Lipinski definition) is 2. The van der Waals surface area contributed by atoms with Crippen LogP contribution in [0.2, 0.25) is 0 Å². The van der Waals surface area contributed by atoms with Gasteiger partial charge in [-0.15, -0.1) is 0 Å². The van der Waals surface area contributed by atoms with E-state index < -0.39 is 0 Å². The topological polar surface area (TPSA) is 82.2 Å². The van der Waals surface area contributed by atoms with Gasteiger partial charge in [-0.3, -0.25) is 4.79 Å². The molecule has 0 bridgehead atoms. The van der Waals surface area contributed by atoms with Crippen molar-refractivity contribution in [3.05, 3.63) is 35.9 Å². The number of carbonyl (C=O) groups excluding carboxylic acids is 1. The first-order chi connectivity index (χ1) is 8.26. The van der Waals surface area contributed by atoms with Gasteiger partial charge in [0.25, 0.3) is 0 Å². The van der Waals surface area contributed by atoms with E-state index in [4.69, 9.17) is 10.4 Å². The highest BCUT2D eigenvalue weighted by molar-refractivity contribution is 6.68. The lowest BCUT2D eigenvalue weighted by Gasteiger charge is -2.22. The quantitative estimate of drug-likeness (QED) is 0.572. The van der Waals surface area contributed by atoms with E-state index in [-0.39, 0.29) is 29.5 Å². The summed E-state index contributed by atoms with van der Waals surface area (Å²) < 4.78 is 0. The maximum atomic E-state index is 11.7. The molecule has 1 aromatic rings. The summed E-state index contributed by atoms with van der Waals surface area (Å²) in [5, 5.41) is 23.4. The predicted molar refractivity (Wildman–Crippen MR) is 61.9 cm³/mol. The predicted octanol–water partition coefficient (Wildman–Crippen LogP) is 1.79. The SMILES string of the molecule is O=C1CC(c2ccccc2)CC(=N/O)/C1=N/O. The summed E-state index contributed by atoms with van der Waals surface area (Å²) in [7, 11) is 0. The molecule has 0 aliphatic heterocycles. The van der Waals surface area contributed by atoms with E-state index in [1.165, 1.54) is 0 Å². The van der Waals surface area contributed by atoms with Crippen LogP contribution in [0.1, 0.15) is 24.3 Å². The first-order valence-corrected chi connectivity index (χ1v) is 5.27. The standard InChI is InChI=1S/C12H12N2O3/c15-11-7-9(8-4-2-1-3-5-8)6-10(13-16)12(11)14-17/h1-5,9,16-17H,6-7H2/b13-10-,14-12-. The van der Waals surface area contributed by atoms with Crippen molar-refractivity contribution in [2.45, 2.75) is 18.8 Å². The van der Waals surface area contributed by atoms with Gasteiger partial charge in [-0.1, -0.05) is 40.6 Å². The van der Waals surface area contributed by atoms with Crippen molar-refractivity contribution in [2.24, 2.45) is 10.3 Å². The van der Waals surface area contributed by atoms with Crippen molar-refractivity contribution in [3.8, 4) is 0 Å². The van der Waals surface area contributed by atoms with Crippen molar-refractivity contribution >= 4 is 17.2 Å². The Balaban J connectivity index is 2.29. The van der Waals surface area contributed by atoms with Crippen LogP contribution in [0.4, 0.5) is 0 Å². The minimum absolute atomic E-state index is 0.0277. The van der Waals surface area contributed by atoms with Gasteiger partial charge in [-0.05, 0) is 11.5 Å². The molecule has 1 unspecified atom stereocenters. The van der Waals surface area contributed by atoms with Gasteiger partial charge in [0, 0.05) is 12.8 Å². The molecule has 0 heterocycles. The molecule has 0 amide bonds. The maximum absolute atomic E-state index is 11.7. The number of nitrogens with zero attached hydrogens (tertiary/aromatic N) is 2. The zero-order valence-electron chi connectivity index (χ0n) is 9.08. The monoisotopic (exact) mass is 232 g/mol.